The lowest BCUT2D eigenvalue weighted by Crippen LogP contribution is -2.35. The van der Waals surface area contributed by atoms with Crippen LogP contribution in [0.2, 0.25) is 0 Å². The third kappa shape index (κ3) is 8.62. The fourth-order valence-electron chi connectivity index (χ4n) is 4.50. The van der Waals surface area contributed by atoms with Gasteiger partial charge in [-0.2, -0.15) is 0 Å². The molecule has 0 atom stereocenters. The Balaban J connectivity index is 1.50. The van der Waals surface area contributed by atoms with Gasteiger partial charge >= 0.3 is 0 Å². The molecule has 0 aromatic carbocycles. The van der Waals surface area contributed by atoms with Gasteiger partial charge in [0, 0.05) is 13.1 Å². The SMILES string of the molecule is C=CC(=C)CCN1CCC(CCCC2CCN(CCC(=C)C=C)CC2)CC1. The average Bonchev–Trinajstić information content (AvgIpc) is 2.72. The molecule has 152 valence electrons. The molecule has 0 spiro atoms. The van der Waals surface area contributed by atoms with Gasteiger partial charge in [-0.3, -0.25) is 0 Å². The largest absolute Gasteiger partial charge is 0.303 e. The third-order valence-corrected chi connectivity index (χ3v) is 6.71. The summed E-state index contributed by atoms with van der Waals surface area (Å²) in [6.45, 7) is 23.1. The number of hydrogen-bond acceptors (Lipinski definition) is 2. The zero-order chi connectivity index (χ0) is 19.5. The minimum atomic E-state index is 0.967. The number of likely N-dealkylation sites (tertiary alicyclic amines) is 2. The van der Waals surface area contributed by atoms with Crippen molar-refractivity contribution in [2.75, 3.05) is 39.3 Å². The quantitative estimate of drug-likeness (QED) is 0.398. The maximum absolute atomic E-state index is 4.03. The van der Waals surface area contributed by atoms with Crippen molar-refractivity contribution in [3.05, 3.63) is 49.6 Å². The maximum atomic E-state index is 4.03. The molecule has 2 rings (SSSR count). The van der Waals surface area contributed by atoms with Crippen LogP contribution >= 0.6 is 0 Å². The topological polar surface area (TPSA) is 6.48 Å². The monoisotopic (exact) mass is 370 g/mol. The van der Waals surface area contributed by atoms with Gasteiger partial charge in [-0.25, -0.2) is 0 Å². The molecular weight excluding hydrogens is 328 g/mol. The molecule has 0 aromatic rings. The van der Waals surface area contributed by atoms with Crippen LogP contribution in [-0.4, -0.2) is 49.1 Å². The Labute approximate surface area is 168 Å². The van der Waals surface area contributed by atoms with Crippen molar-refractivity contribution in [2.24, 2.45) is 11.8 Å². The number of piperidine rings is 2. The minimum Gasteiger partial charge on any atom is -0.303 e. The van der Waals surface area contributed by atoms with E-state index in [1.807, 2.05) is 12.2 Å². The van der Waals surface area contributed by atoms with Gasteiger partial charge in [-0.1, -0.05) is 68.9 Å². The van der Waals surface area contributed by atoms with Crippen LogP contribution in [0.15, 0.2) is 49.6 Å². The van der Waals surface area contributed by atoms with Crippen LogP contribution in [0.25, 0.3) is 0 Å². The smallest absolute Gasteiger partial charge is 0.00216 e. The van der Waals surface area contributed by atoms with Crippen LogP contribution < -0.4 is 0 Å². The molecule has 2 saturated heterocycles. The molecule has 2 aliphatic heterocycles. The van der Waals surface area contributed by atoms with E-state index in [1.54, 1.807) is 0 Å². The molecule has 0 aromatic heterocycles. The van der Waals surface area contributed by atoms with Gasteiger partial charge in [0.15, 0.2) is 0 Å². The van der Waals surface area contributed by atoms with Crippen LogP contribution in [0.5, 0.6) is 0 Å². The summed E-state index contributed by atoms with van der Waals surface area (Å²) in [4.78, 5) is 5.23. The van der Waals surface area contributed by atoms with E-state index in [2.05, 4.69) is 36.1 Å². The Bertz CT molecular complexity index is 433. The van der Waals surface area contributed by atoms with Gasteiger partial charge in [0.2, 0.25) is 0 Å². The molecule has 2 heterocycles. The molecule has 2 aliphatic rings. The van der Waals surface area contributed by atoms with Crippen LogP contribution in [0.1, 0.15) is 57.8 Å². The lowest BCUT2D eigenvalue weighted by Gasteiger charge is -2.33. The second kappa shape index (κ2) is 12.4. The Morgan fingerprint density at radius 3 is 1.41 bits per heavy atom. The second-order valence-electron chi connectivity index (χ2n) is 8.73. The Morgan fingerprint density at radius 1 is 0.704 bits per heavy atom. The molecule has 0 unspecified atom stereocenters. The number of allylic oxidation sites excluding steroid dienone is 2. The van der Waals surface area contributed by atoms with Crippen LogP contribution in [0, 0.1) is 11.8 Å². The fraction of sp³-hybridized carbons (Fsp3) is 0.680. The van der Waals surface area contributed by atoms with E-state index in [0.29, 0.717) is 0 Å². The highest BCUT2D eigenvalue weighted by Gasteiger charge is 2.21. The Kier molecular flexibility index (Phi) is 10.2. The first kappa shape index (κ1) is 22.2. The average molecular weight is 371 g/mol. The molecule has 0 bridgehead atoms. The summed E-state index contributed by atoms with van der Waals surface area (Å²) in [6, 6.07) is 0. The fourth-order valence-corrected chi connectivity index (χ4v) is 4.50. The van der Waals surface area contributed by atoms with Crippen LogP contribution in [0.3, 0.4) is 0 Å². The number of rotatable bonds is 12. The first-order valence-electron chi connectivity index (χ1n) is 11.2. The molecule has 2 heteroatoms. The van der Waals surface area contributed by atoms with Gasteiger partial charge in [0.1, 0.15) is 0 Å². The highest BCUT2D eigenvalue weighted by Crippen LogP contribution is 2.27. The van der Waals surface area contributed by atoms with E-state index in [0.717, 1.165) is 37.8 Å². The van der Waals surface area contributed by atoms with Gasteiger partial charge in [0.05, 0.1) is 0 Å². The zero-order valence-electron chi connectivity index (χ0n) is 17.6. The highest BCUT2D eigenvalue weighted by molar-refractivity contribution is 5.11. The predicted molar refractivity (Wildman–Crippen MR) is 120 cm³/mol. The van der Waals surface area contributed by atoms with Crippen molar-refractivity contribution >= 4 is 0 Å². The second-order valence-corrected chi connectivity index (χ2v) is 8.73. The normalized spacial score (nSPS) is 20.4. The maximum Gasteiger partial charge on any atom is 0.00216 e. The van der Waals surface area contributed by atoms with E-state index >= 15 is 0 Å². The molecule has 0 N–H and O–H groups in total. The van der Waals surface area contributed by atoms with Crippen molar-refractivity contribution in [3.63, 3.8) is 0 Å². The summed E-state index contributed by atoms with van der Waals surface area (Å²) in [7, 11) is 0. The highest BCUT2D eigenvalue weighted by atomic mass is 15.1. The molecule has 0 radical (unpaired) electrons. The summed E-state index contributed by atoms with van der Waals surface area (Å²) >= 11 is 0. The van der Waals surface area contributed by atoms with E-state index in [-0.39, 0.29) is 0 Å². The van der Waals surface area contributed by atoms with E-state index in [1.165, 1.54) is 82.3 Å². The number of hydrogen-bond donors (Lipinski definition) is 0. The predicted octanol–water partition coefficient (Wildman–Crippen LogP) is 5.85. The molecule has 0 saturated carbocycles. The van der Waals surface area contributed by atoms with E-state index < -0.39 is 0 Å². The summed E-state index contributed by atoms with van der Waals surface area (Å²) in [5.74, 6) is 1.93. The van der Waals surface area contributed by atoms with Crippen molar-refractivity contribution in [3.8, 4) is 0 Å². The summed E-state index contributed by atoms with van der Waals surface area (Å²) in [5.41, 5.74) is 2.35. The molecule has 27 heavy (non-hydrogen) atoms. The molecule has 0 aliphatic carbocycles. The van der Waals surface area contributed by atoms with Gasteiger partial charge in [-0.05, 0) is 76.5 Å². The third-order valence-electron chi connectivity index (χ3n) is 6.71. The minimum absolute atomic E-state index is 0.967. The first-order chi connectivity index (χ1) is 13.1. The molecule has 0 amide bonds. The summed E-state index contributed by atoms with van der Waals surface area (Å²) in [5, 5.41) is 0. The van der Waals surface area contributed by atoms with Gasteiger partial charge in [-0.15, -0.1) is 0 Å². The molecule has 2 nitrogen and oxygen atoms in total. The first-order valence-corrected chi connectivity index (χ1v) is 11.2. The van der Waals surface area contributed by atoms with Crippen molar-refractivity contribution in [1.82, 2.24) is 9.80 Å². The van der Waals surface area contributed by atoms with E-state index in [9.17, 15) is 0 Å². The Hall–Kier alpha value is -1.12. The van der Waals surface area contributed by atoms with Gasteiger partial charge in [0.25, 0.3) is 0 Å². The van der Waals surface area contributed by atoms with Gasteiger partial charge < -0.3 is 9.80 Å². The zero-order valence-corrected chi connectivity index (χ0v) is 17.6. The summed E-state index contributed by atoms with van der Waals surface area (Å²) in [6.07, 6.45) is 15.9. The van der Waals surface area contributed by atoms with Crippen LogP contribution in [0.4, 0.5) is 0 Å². The summed E-state index contributed by atoms with van der Waals surface area (Å²) < 4.78 is 0. The van der Waals surface area contributed by atoms with E-state index in [4.69, 9.17) is 0 Å². The molecule has 2 fully saturated rings. The lowest BCUT2D eigenvalue weighted by molar-refractivity contribution is 0.164. The Morgan fingerprint density at radius 2 is 1.07 bits per heavy atom. The lowest BCUT2D eigenvalue weighted by atomic mass is 9.86. The standard InChI is InChI=1S/C25H42N2/c1-5-22(3)10-16-26-18-12-24(13-19-26)8-7-9-25-14-20-27(21-15-25)17-11-23(4)6-2/h5-6,24-25H,1-4,7-21H2. The van der Waals surface area contributed by atoms with Crippen molar-refractivity contribution < 1.29 is 0 Å². The van der Waals surface area contributed by atoms with Crippen LogP contribution in [-0.2, 0) is 0 Å². The van der Waals surface area contributed by atoms with Crippen molar-refractivity contribution in [2.45, 2.75) is 57.8 Å². The van der Waals surface area contributed by atoms with Crippen molar-refractivity contribution in [1.29, 1.82) is 0 Å². The molecular formula is C25H42N2. The number of nitrogens with zero attached hydrogens (tertiary/aromatic N) is 2.